The number of amides is 1. The second kappa shape index (κ2) is 9.46. The maximum absolute atomic E-state index is 12.5. The number of hydrogen-bond acceptors (Lipinski definition) is 7. The molecule has 0 atom stereocenters. The maximum atomic E-state index is 12.5. The fourth-order valence-corrected chi connectivity index (χ4v) is 3.05. The normalized spacial score (nSPS) is 14.2. The molecule has 1 saturated heterocycles. The lowest BCUT2D eigenvalue weighted by Gasteiger charge is -2.34. The van der Waals surface area contributed by atoms with Crippen LogP contribution in [0.1, 0.15) is 0 Å². The molecular weight excluding hydrogens is 370 g/mol. The van der Waals surface area contributed by atoms with E-state index in [4.69, 9.17) is 9.47 Å². The average molecular weight is 393 g/mol. The van der Waals surface area contributed by atoms with Crippen molar-refractivity contribution in [3.63, 3.8) is 0 Å². The lowest BCUT2D eigenvalue weighted by molar-refractivity contribution is -0.112. The first-order valence-electron chi connectivity index (χ1n) is 9.20. The third-order valence-corrected chi connectivity index (χ3v) is 4.61. The van der Waals surface area contributed by atoms with E-state index in [0.717, 1.165) is 18.9 Å². The van der Waals surface area contributed by atoms with Crippen LogP contribution in [0.2, 0.25) is 0 Å². The Bertz CT molecular complexity index is 916. The number of aromatic nitrogens is 1. The number of rotatable bonds is 6. The number of nitriles is 1. The van der Waals surface area contributed by atoms with Gasteiger partial charge in [0.05, 0.1) is 14.2 Å². The minimum atomic E-state index is -0.466. The van der Waals surface area contributed by atoms with Crippen molar-refractivity contribution in [1.82, 2.24) is 9.88 Å². The molecule has 1 aromatic heterocycles. The second-order valence-electron chi connectivity index (χ2n) is 6.39. The topological polar surface area (TPSA) is 90.7 Å². The van der Waals surface area contributed by atoms with E-state index in [1.165, 1.54) is 7.11 Å². The number of piperazine rings is 1. The van der Waals surface area contributed by atoms with Gasteiger partial charge in [0, 0.05) is 50.3 Å². The molecule has 2 aromatic rings. The molecule has 1 aromatic carbocycles. The van der Waals surface area contributed by atoms with Crippen LogP contribution in [-0.2, 0) is 4.79 Å². The molecule has 0 saturated carbocycles. The lowest BCUT2D eigenvalue weighted by atomic mass is 10.2. The van der Waals surface area contributed by atoms with Crippen molar-refractivity contribution >= 4 is 17.4 Å². The SMILES string of the molecule is COc1ccc(NC(=O)/C(C#N)=C\N2CCN(c3ccccn3)CC2)cc1OC. The number of benzene rings is 1. The van der Waals surface area contributed by atoms with E-state index in [2.05, 4.69) is 15.2 Å². The summed E-state index contributed by atoms with van der Waals surface area (Å²) in [6.45, 7) is 2.93. The third-order valence-electron chi connectivity index (χ3n) is 4.61. The van der Waals surface area contributed by atoms with Gasteiger partial charge in [-0.15, -0.1) is 0 Å². The quantitative estimate of drug-likeness (QED) is 0.595. The van der Waals surface area contributed by atoms with Gasteiger partial charge in [-0.3, -0.25) is 4.79 Å². The van der Waals surface area contributed by atoms with E-state index in [-0.39, 0.29) is 5.57 Å². The maximum Gasteiger partial charge on any atom is 0.267 e. The van der Waals surface area contributed by atoms with Gasteiger partial charge in [-0.2, -0.15) is 5.26 Å². The van der Waals surface area contributed by atoms with E-state index in [0.29, 0.717) is 30.3 Å². The van der Waals surface area contributed by atoms with Crippen LogP contribution in [0.3, 0.4) is 0 Å². The van der Waals surface area contributed by atoms with Crippen molar-refractivity contribution in [2.75, 3.05) is 50.6 Å². The van der Waals surface area contributed by atoms with Gasteiger partial charge in [0.2, 0.25) is 0 Å². The zero-order valence-corrected chi connectivity index (χ0v) is 16.5. The van der Waals surface area contributed by atoms with E-state index in [1.807, 2.05) is 29.2 Å². The number of anilines is 2. The van der Waals surface area contributed by atoms with Crippen LogP contribution in [0.25, 0.3) is 0 Å². The molecule has 0 radical (unpaired) electrons. The van der Waals surface area contributed by atoms with Crippen LogP contribution in [0.4, 0.5) is 11.5 Å². The minimum absolute atomic E-state index is 0.0473. The summed E-state index contributed by atoms with van der Waals surface area (Å²) in [7, 11) is 3.06. The highest BCUT2D eigenvalue weighted by Crippen LogP contribution is 2.29. The van der Waals surface area contributed by atoms with Crippen molar-refractivity contribution < 1.29 is 14.3 Å². The van der Waals surface area contributed by atoms with Gasteiger partial charge in [0.1, 0.15) is 17.5 Å². The number of hydrogen-bond donors (Lipinski definition) is 1. The van der Waals surface area contributed by atoms with Crippen molar-refractivity contribution in [3.8, 4) is 17.6 Å². The molecule has 0 aliphatic carbocycles. The zero-order chi connectivity index (χ0) is 20.6. The fourth-order valence-electron chi connectivity index (χ4n) is 3.05. The summed E-state index contributed by atoms with van der Waals surface area (Å²) in [4.78, 5) is 21.1. The summed E-state index contributed by atoms with van der Waals surface area (Å²) < 4.78 is 10.4. The van der Waals surface area contributed by atoms with Crippen LogP contribution in [0.15, 0.2) is 54.4 Å². The van der Waals surface area contributed by atoms with Crippen molar-refractivity contribution in [1.29, 1.82) is 5.26 Å². The molecule has 8 heteroatoms. The summed E-state index contributed by atoms with van der Waals surface area (Å²) in [5, 5.41) is 12.2. The number of ether oxygens (including phenoxy) is 2. The largest absolute Gasteiger partial charge is 0.493 e. The molecule has 3 rings (SSSR count). The van der Waals surface area contributed by atoms with Gasteiger partial charge in [-0.05, 0) is 24.3 Å². The first kappa shape index (κ1) is 20.0. The smallest absolute Gasteiger partial charge is 0.267 e. The summed E-state index contributed by atoms with van der Waals surface area (Å²) in [5.74, 6) is 1.53. The zero-order valence-electron chi connectivity index (χ0n) is 16.5. The number of nitrogens with one attached hydrogen (secondary N) is 1. The lowest BCUT2D eigenvalue weighted by Crippen LogP contribution is -2.44. The predicted molar refractivity (Wildman–Crippen MR) is 110 cm³/mol. The first-order valence-corrected chi connectivity index (χ1v) is 9.20. The summed E-state index contributed by atoms with van der Waals surface area (Å²) in [6, 6.07) is 12.9. The fraction of sp³-hybridized carbons (Fsp3) is 0.286. The summed E-state index contributed by atoms with van der Waals surface area (Å²) in [6.07, 6.45) is 3.39. The summed E-state index contributed by atoms with van der Waals surface area (Å²) >= 11 is 0. The van der Waals surface area contributed by atoms with Crippen molar-refractivity contribution in [2.24, 2.45) is 0 Å². The number of carbonyl (C=O) groups excluding carboxylic acids is 1. The minimum Gasteiger partial charge on any atom is -0.493 e. The second-order valence-corrected chi connectivity index (χ2v) is 6.39. The van der Waals surface area contributed by atoms with Gasteiger partial charge in [-0.1, -0.05) is 6.07 Å². The van der Waals surface area contributed by atoms with E-state index in [1.54, 1.807) is 37.7 Å². The molecule has 1 N–H and O–H groups in total. The Hall–Kier alpha value is -3.73. The monoisotopic (exact) mass is 393 g/mol. The molecule has 0 spiro atoms. The van der Waals surface area contributed by atoms with Gasteiger partial charge in [0.25, 0.3) is 5.91 Å². The molecule has 0 unspecified atom stereocenters. The Morgan fingerprint density at radius 1 is 1.14 bits per heavy atom. The molecule has 1 fully saturated rings. The van der Waals surface area contributed by atoms with Crippen LogP contribution < -0.4 is 19.7 Å². The van der Waals surface area contributed by atoms with E-state index >= 15 is 0 Å². The Morgan fingerprint density at radius 3 is 2.52 bits per heavy atom. The third kappa shape index (κ3) is 4.96. The van der Waals surface area contributed by atoms with Crippen molar-refractivity contribution in [3.05, 3.63) is 54.4 Å². The van der Waals surface area contributed by atoms with Crippen LogP contribution in [-0.4, -0.2) is 56.2 Å². The molecule has 8 nitrogen and oxygen atoms in total. The van der Waals surface area contributed by atoms with E-state index in [9.17, 15) is 10.1 Å². The average Bonchev–Trinajstić information content (AvgIpc) is 2.78. The van der Waals surface area contributed by atoms with Gasteiger partial charge in [0.15, 0.2) is 11.5 Å². The molecule has 1 aliphatic heterocycles. The van der Waals surface area contributed by atoms with Crippen LogP contribution in [0, 0.1) is 11.3 Å². The molecule has 0 bridgehead atoms. The molecule has 1 aliphatic rings. The Balaban J connectivity index is 1.63. The highest BCUT2D eigenvalue weighted by atomic mass is 16.5. The van der Waals surface area contributed by atoms with Gasteiger partial charge in [-0.25, -0.2) is 4.98 Å². The Labute approximate surface area is 170 Å². The Kier molecular flexibility index (Phi) is 6.53. The molecule has 150 valence electrons. The molecule has 2 heterocycles. The van der Waals surface area contributed by atoms with E-state index < -0.39 is 5.91 Å². The van der Waals surface area contributed by atoms with Crippen LogP contribution >= 0.6 is 0 Å². The molecule has 29 heavy (non-hydrogen) atoms. The number of pyridine rings is 1. The number of carbonyl (C=O) groups is 1. The highest BCUT2D eigenvalue weighted by molar-refractivity contribution is 6.06. The Morgan fingerprint density at radius 2 is 1.90 bits per heavy atom. The number of nitrogens with zero attached hydrogens (tertiary/aromatic N) is 4. The molecular formula is C21H23N5O3. The summed E-state index contributed by atoms with van der Waals surface area (Å²) in [5.41, 5.74) is 0.569. The molecule has 1 amide bonds. The van der Waals surface area contributed by atoms with Crippen molar-refractivity contribution in [2.45, 2.75) is 0 Å². The van der Waals surface area contributed by atoms with Gasteiger partial charge < -0.3 is 24.6 Å². The number of methoxy groups -OCH3 is 2. The first-order chi connectivity index (χ1) is 14.1. The van der Waals surface area contributed by atoms with Gasteiger partial charge >= 0.3 is 0 Å². The predicted octanol–water partition coefficient (Wildman–Crippen LogP) is 2.27. The highest BCUT2D eigenvalue weighted by Gasteiger charge is 2.18. The van der Waals surface area contributed by atoms with Crippen LogP contribution in [0.5, 0.6) is 11.5 Å². The standard InChI is InChI=1S/C21H23N5O3/c1-28-18-7-6-17(13-19(18)29-2)24-21(27)16(14-22)15-25-9-11-26(12-10-25)20-5-3-4-8-23-20/h3-8,13,15H,9-12H2,1-2H3,(H,24,27)/b16-15-.